The van der Waals surface area contributed by atoms with E-state index in [1.54, 1.807) is 7.05 Å². The van der Waals surface area contributed by atoms with Gasteiger partial charge in [0, 0.05) is 45.2 Å². The molecular formula is C16H31N5O. The monoisotopic (exact) mass is 309 g/mol. The van der Waals surface area contributed by atoms with Crippen molar-refractivity contribution in [3.05, 3.63) is 0 Å². The second kappa shape index (κ2) is 7.81. The van der Waals surface area contributed by atoms with Crippen LogP contribution in [0.1, 0.15) is 32.6 Å². The van der Waals surface area contributed by atoms with Crippen molar-refractivity contribution in [3.8, 4) is 0 Å². The highest BCUT2D eigenvalue weighted by atomic mass is 16.2. The molecule has 2 rings (SSSR count). The van der Waals surface area contributed by atoms with Gasteiger partial charge in [-0.05, 0) is 39.3 Å². The van der Waals surface area contributed by atoms with E-state index in [9.17, 15) is 4.79 Å². The molecule has 6 nitrogen and oxygen atoms in total. The van der Waals surface area contributed by atoms with Gasteiger partial charge in [-0.1, -0.05) is 6.92 Å². The minimum Gasteiger partial charge on any atom is -0.355 e. The van der Waals surface area contributed by atoms with Crippen LogP contribution in [0.3, 0.4) is 0 Å². The quantitative estimate of drug-likeness (QED) is 0.554. The van der Waals surface area contributed by atoms with Gasteiger partial charge in [0.25, 0.3) is 0 Å². The Bertz CT molecular complexity index is 403. The summed E-state index contributed by atoms with van der Waals surface area (Å²) in [7, 11) is 6.10. The molecule has 2 atom stereocenters. The molecule has 2 fully saturated rings. The third-order valence-corrected chi connectivity index (χ3v) is 4.72. The van der Waals surface area contributed by atoms with E-state index in [0.717, 1.165) is 37.9 Å². The largest absolute Gasteiger partial charge is 0.355 e. The van der Waals surface area contributed by atoms with Crippen LogP contribution in [0, 0.1) is 5.92 Å². The zero-order chi connectivity index (χ0) is 16.1. The van der Waals surface area contributed by atoms with E-state index < -0.39 is 0 Å². The molecule has 0 aromatic heterocycles. The van der Waals surface area contributed by atoms with Crippen molar-refractivity contribution in [1.29, 1.82) is 0 Å². The van der Waals surface area contributed by atoms with Crippen molar-refractivity contribution in [2.45, 2.75) is 44.7 Å². The third-order valence-electron chi connectivity index (χ3n) is 4.72. The van der Waals surface area contributed by atoms with Crippen LogP contribution in [-0.4, -0.2) is 74.5 Å². The number of hydrogen-bond donors (Lipinski definition) is 2. The first-order valence-electron chi connectivity index (χ1n) is 8.46. The maximum Gasteiger partial charge on any atom is 0.222 e. The van der Waals surface area contributed by atoms with Gasteiger partial charge in [-0.15, -0.1) is 0 Å². The molecule has 1 saturated heterocycles. The summed E-state index contributed by atoms with van der Waals surface area (Å²) >= 11 is 0. The number of nitrogens with one attached hydrogen (secondary N) is 2. The number of amides is 1. The lowest BCUT2D eigenvalue weighted by atomic mass is 10.1. The van der Waals surface area contributed by atoms with E-state index in [4.69, 9.17) is 0 Å². The van der Waals surface area contributed by atoms with Gasteiger partial charge in [-0.2, -0.15) is 0 Å². The van der Waals surface area contributed by atoms with Crippen molar-refractivity contribution < 1.29 is 4.79 Å². The first-order chi connectivity index (χ1) is 10.5. The van der Waals surface area contributed by atoms with Crippen molar-refractivity contribution in [2.75, 3.05) is 40.8 Å². The summed E-state index contributed by atoms with van der Waals surface area (Å²) in [6, 6.07) is 0.876. The molecule has 1 amide bonds. The summed E-state index contributed by atoms with van der Waals surface area (Å²) in [6.45, 7) is 4.47. The Morgan fingerprint density at radius 2 is 2.09 bits per heavy atom. The van der Waals surface area contributed by atoms with Crippen LogP contribution in [0.25, 0.3) is 0 Å². The van der Waals surface area contributed by atoms with Crippen molar-refractivity contribution in [3.63, 3.8) is 0 Å². The third kappa shape index (κ3) is 4.60. The Morgan fingerprint density at radius 1 is 1.36 bits per heavy atom. The summed E-state index contributed by atoms with van der Waals surface area (Å²) < 4.78 is 0. The molecule has 0 radical (unpaired) electrons. The summed E-state index contributed by atoms with van der Waals surface area (Å²) in [6.07, 6.45) is 4.26. The van der Waals surface area contributed by atoms with Crippen LogP contribution in [0.15, 0.2) is 4.99 Å². The van der Waals surface area contributed by atoms with Crippen molar-refractivity contribution in [1.82, 2.24) is 20.4 Å². The molecule has 0 aromatic rings. The van der Waals surface area contributed by atoms with Gasteiger partial charge in [-0.25, -0.2) is 0 Å². The number of nitrogens with zero attached hydrogens (tertiary/aromatic N) is 3. The number of aliphatic imine (C=N–C) groups is 1. The predicted octanol–water partition coefficient (Wildman–Crippen LogP) is 0.503. The SMILES string of the molecule is CCC(=O)N1CCC(NC(=NC)NCC(C2CC2)N(C)C)C1. The van der Waals surface area contributed by atoms with E-state index in [2.05, 4.69) is 34.6 Å². The first kappa shape index (κ1) is 17.1. The van der Waals surface area contributed by atoms with Gasteiger partial charge in [-0.3, -0.25) is 9.79 Å². The molecule has 0 spiro atoms. The van der Waals surface area contributed by atoms with E-state index in [1.165, 1.54) is 12.8 Å². The Morgan fingerprint density at radius 3 is 2.64 bits per heavy atom. The fraction of sp³-hybridized carbons (Fsp3) is 0.875. The molecule has 6 heteroatoms. The molecule has 2 aliphatic rings. The van der Waals surface area contributed by atoms with Crippen LogP contribution in [-0.2, 0) is 4.79 Å². The Balaban J connectivity index is 1.77. The van der Waals surface area contributed by atoms with Gasteiger partial charge in [0.2, 0.25) is 5.91 Å². The van der Waals surface area contributed by atoms with E-state index in [0.29, 0.717) is 18.5 Å². The second-order valence-corrected chi connectivity index (χ2v) is 6.64. The summed E-state index contributed by atoms with van der Waals surface area (Å²) in [5.41, 5.74) is 0. The summed E-state index contributed by atoms with van der Waals surface area (Å²) in [5, 5.41) is 6.91. The maximum atomic E-state index is 11.7. The second-order valence-electron chi connectivity index (χ2n) is 6.64. The highest BCUT2D eigenvalue weighted by Gasteiger charge is 2.32. The van der Waals surface area contributed by atoms with E-state index in [-0.39, 0.29) is 5.91 Å². The van der Waals surface area contributed by atoms with Gasteiger partial charge < -0.3 is 20.4 Å². The maximum absolute atomic E-state index is 11.7. The Hall–Kier alpha value is -1.30. The van der Waals surface area contributed by atoms with Crippen molar-refractivity contribution in [2.24, 2.45) is 10.9 Å². The number of carbonyl (C=O) groups excluding carboxylic acids is 1. The lowest BCUT2D eigenvalue weighted by Gasteiger charge is -2.26. The predicted molar refractivity (Wildman–Crippen MR) is 90.0 cm³/mol. The zero-order valence-corrected chi connectivity index (χ0v) is 14.4. The molecule has 0 aromatic carbocycles. The molecule has 1 aliphatic heterocycles. The first-order valence-corrected chi connectivity index (χ1v) is 8.46. The number of likely N-dealkylation sites (tertiary alicyclic amines) is 1. The van der Waals surface area contributed by atoms with Crippen LogP contribution in [0.2, 0.25) is 0 Å². The molecular weight excluding hydrogens is 278 g/mol. The smallest absolute Gasteiger partial charge is 0.222 e. The van der Waals surface area contributed by atoms with Gasteiger partial charge in [0.15, 0.2) is 5.96 Å². The normalized spacial score (nSPS) is 23.8. The molecule has 0 bridgehead atoms. The minimum atomic E-state index is 0.244. The lowest BCUT2D eigenvalue weighted by Crippen LogP contribution is -2.49. The fourth-order valence-electron chi connectivity index (χ4n) is 3.17. The zero-order valence-electron chi connectivity index (χ0n) is 14.4. The number of carbonyl (C=O) groups is 1. The van der Waals surface area contributed by atoms with E-state index >= 15 is 0 Å². The van der Waals surface area contributed by atoms with Crippen LogP contribution in [0.5, 0.6) is 0 Å². The molecule has 1 heterocycles. The lowest BCUT2D eigenvalue weighted by molar-refractivity contribution is -0.129. The van der Waals surface area contributed by atoms with Crippen molar-refractivity contribution >= 4 is 11.9 Å². The summed E-state index contributed by atoms with van der Waals surface area (Å²) in [5.74, 6) is 1.92. The Labute approximate surface area is 134 Å². The molecule has 1 aliphatic carbocycles. The average molecular weight is 309 g/mol. The molecule has 2 N–H and O–H groups in total. The summed E-state index contributed by atoms with van der Waals surface area (Å²) in [4.78, 5) is 20.3. The van der Waals surface area contributed by atoms with Gasteiger partial charge >= 0.3 is 0 Å². The minimum absolute atomic E-state index is 0.244. The highest BCUT2D eigenvalue weighted by Crippen LogP contribution is 2.34. The molecule has 2 unspecified atom stereocenters. The highest BCUT2D eigenvalue weighted by molar-refractivity contribution is 5.80. The fourth-order valence-corrected chi connectivity index (χ4v) is 3.17. The standard InChI is InChI=1S/C16H31N5O/c1-5-15(22)21-9-8-13(11-21)19-16(17-2)18-10-14(20(3)4)12-6-7-12/h12-14H,5-11H2,1-4H3,(H2,17,18,19). The van der Waals surface area contributed by atoms with Gasteiger partial charge in [0.1, 0.15) is 0 Å². The van der Waals surface area contributed by atoms with E-state index in [1.807, 2.05) is 11.8 Å². The number of guanidine groups is 1. The number of rotatable bonds is 6. The average Bonchev–Trinajstić information content (AvgIpc) is 3.23. The topological polar surface area (TPSA) is 60.0 Å². The molecule has 22 heavy (non-hydrogen) atoms. The van der Waals surface area contributed by atoms with Gasteiger partial charge in [0.05, 0.1) is 0 Å². The van der Waals surface area contributed by atoms with Crippen LogP contribution < -0.4 is 10.6 Å². The molecule has 126 valence electrons. The molecule has 1 saturated carbocycles. The Kier molecular flexibility index (Phi) is 6.06. The number of hydrogen-bond acceptors (Lipinski definition) is 3. The van der Waals surface area contributed by atoms with Crippen LogP contribution in [0.4, 0.5) is 0 Å². The number of likely N-dealkylation sites (N-methyl/N-ethyl adjacent to an activating group) is 1. The van der Waals surface area contributed by atoms with Crippen LogP contribution >= 0.6 is 0 Å².